The summed E-state index contributed by atoms with van der Waals surface area (Å²) in [6.07, 6.45) is 2.36. The number of carbonyl (C=O) groups excluding carboxylic acids is 2. The number of carboxylic acid groups (broad SMARTS) is 1. The Morgan fingerprint density at radius 1 is 1.30 bits per heavy atom. The van der Waals surface area contributed by atoms with E-state index in [2.05, 4.69) is 0 Å². The van der Waals surface area contributed by atoms with Gasteiger partial charge in [0, 0.05) is 24.5 Å². The first kappa shape index (κ1) is 13.9. The van der Waals surface area contributed by atoms with Crippen LogP contribution in [0.15, 0.2) is 24.3 Å². The number of carbonyl (C=O) groups is 3. The molecule has 104 valence electrons. The number of rotatable bonds is 4. The molecule has 0 aliphatic carbocycles. The monoisotopic (exact) mass is 277 g/mol. The van der Waals surface area contributed by atoms with Crippen LogP contribution in [-0.2, 0) is 20.9 Å². The molecule has 2 rings (SSSR count). The fourth-order valence-electron chi connectivity index (χ4n) is 1.96. The molecule has 0 aromatic heterocycles. The summed E-state index contributed by atoms with van der Waals surface area (Å²) in [4.78, 5) is 34.5. The first-order chi connectivity index (χ1) is 9.47. The van der Waals surface area contributed by atoms with Gasteiger partial charge in [0.1, 0.15) is 5.82 Å². The summed E-state index contributed by atoms with van der Waals surface area (Å²) in [6, 6.07) is 4.07. The third-order valence-electron chi connectivity index (χ3n) is 2.96. The Labute approximate surface area is 114 Å². The number of aliphatic carboxylic acids is 1. The maximum atomic E-state index is 13.5. The Balaban J connectivity index is 2.21. The SMILES string of the molecule is O=C(O)C=Cc1cc(CN2C(=O)CCC2=O)ccc1F. The van der Waals surface area contributed by atoms with Crippen LogP contribution in [0.1, 0.15) is 24.0 Å². The molecule has 6 heteroatoms. The summed E-state index contributed by atoms with van der Waals surface area (Å²) in [5.74, 6) is -2.24. The number of benzene rings is 1. The van der Waals surface area contributed by atoms with E-state index in [1.807, 2.05) is 0 Å². The van der Waals surface area contributed by atoms with Crippen molar-refractivity contribution in [3.8, 4) is 0 Å². The minimum absolute atomic E-state index is 0.0753. The van der Waals surface area contributed by atoms with Gasteiger partial charge in [0.15, 0.2) is 0 Å². The molecule has 0 atom stereocenters. The molecule has 20 heavy (non-hydrogen) atoms. The molecule has 1 fully saturated rings. The number of carboxylic acids is 1. The Morgan fingerprint density at radius 3 is 2.55 bits per heavy atom. The molecular weight excluding hydrogens is 265 g/mol. The van der Waals surface area contributed by atoms with Crippen LogP contribution in [0, 0.1) is 5.82 Å². The van der Waals surface area contributed by atoms with Gasteiger partial charge in [0.25, 0.3) is 0 Å². The molecule has 1 aliphatic heterocycles. The Kier molecular flexibility index (Phi) is 3.93. The Morgan fingerprint density at radius 2 is 1.95 bits per heavy atom. The second-order valence-electron chi connectivity index (χ2n) is 4.40. The standard InChI is InChI=1S/C14H12FNO4/c15-11-3-1-9(7-10(11)2-6-14(19)20)8-16-12(17)4-5-13(16)18/h1-3,6-7H,4-5,8H2,(H,19,20). The van der Waals surface area contributed by atoms with Crippen molar-refractivity contribution in [2.24, 2.45) is 0 Å². The van der Waals surface area contributed by atoms with Crippen molar-refractivity contribution in [1.29, 1.82) is 0 Å². The molecule has 2 amide bonds. The van der Waals surface area contributed by atoms with Crippen LogP contribution in [0.4, 0.5) is 4.39 Å². The highest BCUT2D eigenvalue weighted by Crippen LogP contribution is 2.18. The highest BCUT2D eigenvalue weighted by molar-refractivity contribution is 6.01. The second-order valence-corrected chi connectivity index (χ2v) is 4.40. The van der Waals surface area contributed by atoms with E-state index in [1.54, 1.807) is 0 Å². The van der Waals surface area contributed by atoms with Crippen molar-refractivity contribution in [2.45, 2.75) is 19.4 Å². The molecule has 1 saturated heterocycles. The highest BCUT2D eigenvalue weighted by atomic mass is 19.1. The van der Waals surface area contributed by atoms with Gasteiger partial charge in [-0.2, -0.15) is 0 Å². The van der Waals surface area contributed by atoms with Crippen LogP contribution in [-0.4, -0.2) is 27.8 Å². The van der Waals surface area contributed by atoms with E-state index in [1.165, 1.54) is 18.2 Å². The number of amides is 2. The van der Waals surface area contributed by atoms with Gasteiger partial charge in [0.2, 0.25) is 11.8 Å². The number of nitrogens with zero attached hydrogens (tertiary/aromatic N) is 1. The highest BCUT2D eigenvalue weighted by Gasteiger charge is 2.28. The number of halogens is 1. The lowest BCUT2D eigenvalue weighted by Crippen LogP contribution is -2.28. The maximum absolute atomic E-state index is 13.5. The van der Waals surface area contributed by atoms with Gasteiger partial charge in [-0.05, 0) is 23.8 Å². The lowest BCUT2D eigenvalue weighted by Gasteiger charge is -2.14. The van der Waals surface area contributed by atoms with Crippen LogP contribution in [0.3, 0.4) is 0 Å². The lowest BCUT2D eigenvalue weighted by atomic mass is 10.1. The van der Waals surface area contributed by atoms with Crippen molar-refractivity contribution in [3.05, 3.63) is 41.2 Å². The van der Waals surface area contributed by atoms with Crippen LogP contribution in [0.25, 0.3) is 6.08 Å². The van der Waals surface area contributed by atoms with Crippen molar-refractivity contribution in [1.82, 2.24) is 4.90 Å². The van der Waals surface area contributed by atoms with E-state index < -0.39 is 11.8 Å². The van der Waals surface area contributed by atoms with Crippen molar-refractivity contribution in [2.75, 3.05) is 0 Å². The third-order valence-corrected chi connectivity index (χ3v) is 2.96. The van der Waals surface area contributed by atoms with Crippen molar-refractivity contribution < 1.29 is 23.9 Å². The quantitative estimate of drug-likeness (QED) is 0.669. The van der Waals surface area contributed by atoms with E-state index in [9.17, 15) is 18.8 Å². The van der Waals surface area contributed by atoms with Gasteiger partial charge in [-0.15, -0.1) is 0 Å². The van der Waals surface area contributed by atoms with E-state index in [0.717, 1.165) is 17.1 Å². The molecule has 5 nitrogen and oxygen atoms in total. The second kappa shape index (κ2) is 5.64. The molecule has 1 heterocycles. The summed E-state index contributed by atoms with van der Waals surface area (Å²) in [5, 5.41) is 8.53. The molecule has 0 unspecified atom stereocenters. The Bertz CT molecular complexity index is 593. The van der Waals surface area contributed by atoms with E-state index in [0.29, 0.717) is 5.56 Å². The molecule has 1 aromatic carbocycles. The van der Waals surface area contributed by atoms with Crippen LogP contribution < -0.4 is 0 Å². The smallest absolute Gasteiger partial charge is 0.328 e. The van der Waals surface area contributed by atoms with Gasteiger partial charge in [-0.3, -0.25) is 14.5 Å². The summed E-state index contributed by atoms with van der Waals surface area (Å²) >= 11 is 0. The fraction of sp³-hybridized carbons (Fsp3) is 0.214. The van der Waals surface area contributed by atoms with Gasteiger partial charge in [0.05, 0.1) is 6.54 Å². The predicted molar refractivity (Wildman–Crippen MR) is 67.9 cm³/mol. The molecule has 0 bridgehead atoms. The van der Waals surface area contributed by atoms with Crippen LogP contribution >= 0.6 is 0 Å². The summed E-state index contributed by atoms with van der Waals surface area (Å²) < 4.78 is 13.5. The van der Waals surface area contributed by atoms with Crippen LogP contribution in [0.5, 0.6) is 0 Å². The summed E-state index contributed by atoms with van der Waals surface area (Å²) in [6.45, 7) is 0.0753. The predicted octanol–water partition coefficient (Wildman–Crippen LogP) is 1.57. The number of hydrogen-bond donors (Lipinski definition) is 1. The zero-order valence-electron chi connectivity index (χ0n) is 10.5. The zero-order chi connectivity index (χ0) is 14.7. The summed E-state index contributed by atoms with van der Waals surface area (Å²) in [5.41, 5.74) is 0.670. The fourth-order valence-corrected chi connectivity index (χ4v) is 1.96. The van der Waals surface area contributed by atoms with Gasteiger partial charge in [-0.25, -0.2) is 9.18 Å². The minimum atomic E-state index is -1.18. The van der Waals surface area contributed by atoms with Gasteiger partial charge >= 0.3 is 5.97 Å². The minimum Gasteiger partial charge on any atom is -0.478 e. The molecule has 1 aliphatic rings. The average molecular weight is 277 g/mol. The third kappa shape index (κ3) is 3.09. The largest absolute Gasteiger partial charge is 0.478 e. The topological polar surface area (TPSA) is 74.7 Å². The molecule has 0 spiro atoms. The zero-order valence-corrected chi connectivity index (χ0v) is 10.5. The normalized spacial score (nSPS) is 15.3. The molecule has 0 radical (unpaired) electrons. The maximum Gasteiger partial charge on any atom is 0.328 e. The van der Waals surface area contributed by atoms with Crippen LogP contribution in [0.2, 0.25) is 0 Å². The Hall–Kier alpha value is -2.50. The van der Waals surface area contributed by atoms with Gasteiger partial charge in [-0.1, -0.05) is 6.07 Å². The number of likely N-dealkylation sites (tertiary alicyclic amines) is 1. The first-order valence-corrected chi connectivity index (χ1v) is 6.00. The first-order valence-electron chi connectivity index (χ1n) is 6.00. The number of imide groups is 1. The molecular formula is C14H12FNO4. The van der Waals surface area contributed by atoms with Gasteiger partial charge < -0.3 is 5.11 Å². The van der Waals surface area contributed by atoms with E-state index in [4.69, 9.17) is 5.11 Å². The lowest BCUT2D eigenvalue weighted by molar-refractivity contribution is -0.139. The number of hydrogen-bond acceptors (Lipinski definition) is 3. The average Bonchev–Trinajstić information content (AvgIpc) is 2.71. The summed E-state index contributed by atoms with van der Waals surface area (Å²) in [7, 11) is 0. The molecule has 1 N–H and O–H groups in total. The van der Waals surface area contributed by atoms with Crippen molar-refractivity contribution >= 4 is 23.9 Å². The van der Waals surface area contributed by atoms with E-state index >= 15 is 0 Å². The molecule has 0 saturated carbocycles. The van der Waals surface area contributed by atoms with Crippen molar-refractivity contribution in [3.63, 3.8) is 0 Å². The van der Waals surface area contributed by atoms with E-state index in [-0.39, 0.29) is 36.8 Å². The molecule has 1 aromatic rings.